The molecule has 3 rings (SSSR count). The second-order valence-corrected chi connectivity index (χ2v) is 5.15. The highest BCUT2D eigenvalue weighted by Gasteiger charge is 2.07. The summed E-state index contributed by atoms with van der Waals surface area (Å²) in [6.07, 6.45) is 3.08. The summed E-state index contributed by atoms with van der Waals surface area (Å²) in [5.41, 5.74) is 0.960. The van der Waals surface area contributed by atoms with E-state index in [1.807, 2.05) is 36.4 Å². The van der Waals surface area contributed by atoms with Crippen LogP contribution in [0.4, 0.5) is 4.39 Å². The standard InChI is InChI=1S/C20H15FO2/c1-23-17-10-9-15-12-14(6-8-16(15)13-17)7-11-20(22)18-4-2-3-5-19(18)21/h2-13H,1H3/b11-7+. The molecule has 0 fully saturated rings. The third kappa shape index (κ3) is 3.29. The quantitative estimate of drug-likeness (QED) is 0.507. The highest BCUT2D eigenvalue weighted by atomic mass is 19.1. The number of rotatable bonds is 4. The average Bonchev–Trinajstić information content (AvgIpc) is 2.59. The van der Waals surface area contributed by atoms with E-state index in [4.69, 9.17) is 4.74 Å². The zero-order valence-electron chi connectivity index (χ0n) is 12.6. The maximum atomic E-state index is 13.6. The lowest BCUT2D eigenvalue weighted by Crippen LogP contribution is -1.97. The first-order valence-electron chi connectivity index (χ1n) is 7.22. The third-order valence-electron chi connectivity index (χ3n) is 3.64. The predicted molar refractivity (Wildman–Crippen MR) is 90.3 cm³/mol. The van der Waals surface area contributed by atoms with E-state index in [9.17, 15) is 9.18 Å². The van der Waals surface area contributed by atoms with Crippen molar-refractivity contribution in [2.45, 2.75) is 0 Å². The van der Waals surface area contributed by atoms with E-state index in [-0.39, 0.29) is 11.3 Å². The third-order valence-corrected chi connectivity index (χ3v) is 3.64. The number of methoxy groups -OCH3 is 1. The zero-order valence-corrected chi connectivity index (χ0v) is 12.6. The van der Waals surface area contributed by atoms with Gasteiger partial charge in [0.25, 0.3) is 0 Å². The Bertz CT molecular complexity index is 897. The Morgan fingerprint density at radius 1 is 1.00 bits per heavy atom. The van der Waals surface area contributed by atoms with Gasteiger partial charge in [0.05, 0.1) is 12.7 Å². The molecule has 2 nitrogen and oxygen atoms in total. The minimum atomic E-state index is -0.507. The van der Waals surface area contributed by atoms with Crippen molar-refractivity contribution < 1.29 is 13.9 Å². The van der Waals surface area contributed by atoms with E-state index in [2.05, 4.69) is 0 Å². The van der Waals surface area contributed by atoms with Gasteiger partial charge in [-0.15, -0.1) is 0 Å². The van der Waals surface area contributed by atoms with Crippen molar-refractivity contribution in [3.05, 3.63) is 83.7 Å². The molecule has 114 valence electrons. The van der Waals surface area contributed by atoms with E-state index in [1.165, 1.54) is 18.2 Å². The number of halogens is 1. The van der Waals surface area contributed by atoms with Crippen molar-refractivity contribution in [2.75, 3.05) is 7.11 Å². The Morgan fingerprint density at radius 3 is 2.52 bits per heavy atom. The van der Waals surface area contributed by atoms with Gasteiger partial charge in [0.1, 0.15) is 11.6 Å². The Balaban J connectivity index is 1.86. The summed E-state index contributed by atoms with van der Waals surface area (Å²) in [5, 5.41) is 2.10. The molecule has 0 saturated carbocycles. The largest absolute Gasteiger partial charge is 0.497 e. The van der Waals surface area contributed by atoms with Crippen LogP contribution in [-0.2, 0) is 0 Å². The molecule has 0 aliphatic heterocycles. The van der Waals surface area contributed by atoms with E-state index < -0.39 is 5.82 Å². The first-order chi connectivity index (χ1) is 11.2. The Hall–Kier alpha value is -2.94. The number of ketones is 1. The van der Waals surface area contributed by atoms with Crippen LogP contribution in [0.25, 0.3) is 16.8 Å². The molecule has 3 aromatic carbocycles. The van der Waals surface area contributed by atoms with Crippen molar-refractivity contribution in [1.29, 1.82) is 0 Å². The van der Waals surface area contributed by atoms with Gasteiger partial charge < -0.3 is 4.74 Å². The van der Waals surface area contributed by atoms with Crippen LogP contribution in [-0.4, -0.2) is 12.9 Å². The number of allylic oxidation sites excluding steroid dienone is 1. The maximum absolute atomic E-state index is 13.6. The number of hydrogen-bond acceptors (Lipinski definition) is 2. The second-order valence-electron chi connectivity index (χ2n) is 5.15. The van der Waals surface area contributed by atoms with Gasteiger partial charge in [0.2, 0.25) is 0 Å². The van der Waals surface area contributed by atoms with Crippen LogP contribution in [0.1, 0.15) is 15.9 Å². The maximum Gasteiger partial charge on any atom is 0.188 e. The summed E-state index contributed by atoms with van der Waals surface area (Å²) in [4.78, 5) is 12.0. The molecular formula is C20H15FO2. The summed E-state index contributed by atoms with van der Waals surface area (Å²) < 4.78 is 18.8. The summed E-state index contributed by atoms with van der Waals surface area (Å²) >= 11 is 0. The van der Waals surface area contributed by atoms with Crippen molar-refractivity contribution >= 4 is 22.6 Å². The highest BCUT2D eigenvalue weighted by Crippen LogP contribution is 2.22. The van der Waals surface area contributed by atoms with Crippen LogP contribution >= 0.6 is 0 Å². The number of hydrogen-bond donors (Lipinski definition) is 0. The second kappa shape index (κ2) is 6.44. The average molecular weight is 306 g/mol. The van der Waals surface area contributed by atoms with Crippen LogP contribution in [0.5, 0.6) is 5.75 Å². The smallest absolute Gasteiger partial charge is 0.188 e. The summed E-state index contributed by atoms with van der Waals surface area (Å²) in [6.45, 7) is 0. The molecule has 3 heteroatoms. The van der Waals surface area contributed by atoms with Gasteiger partial charge in [0, 0.05) is 0 Å². The Labute approximate surface area is 133 Å². The van der Waals surface area contributed by atoms with Crippen LogP contribution < -0.4 is 4.74 Å². The number of ether oxygens (including phenoxy) is 1. The van der Waals surface area contributed by atoms with Gasteiger partial charge in [-0.05, 0) is 52.7 Å². The normalized spacial score (nSPS) is 11.0. The zero-order chi connectivity index (χ0) is 16.2. The lowest BCUT2D eigenvalue weighted by Gasteiger charge is -2.03. The number of carbonyl (C=O) groups is 1. The molecule has 0 aliphatic carbocycles. The van der Waals surface area contributed by atoms with Gasteiger partial charge in [-0.1, -0.05) is 36.4 Å². The molecule has 0 heterocycles. The molecule has 23 heavy (non-hydrogen) atoms. The SMILES string of the molecule is COc1ccc2cc(/C=C/C(=O)c3ccccc3F)ccc2c1. The van der Waals surface area contributed by atoms with Crippen LogP contribution in [0.3, 0.4) is 0 Å². The Morgan fingerprint density at radius 2 is 1.74 bits per heavy atom. The number of carbonyl (C=O) groups excluding carboxylic acids is 1. The molecule has 0 radical (unpaired) electrons. The monoisotopic (exact) mass is 306 g/mol. The first kappa shape index (κ1) is 15.0. The van der Waals surface area contributed by atoms with E-state index >= 15 is 0 Å². The highest BCUT2D eigenvalue weighted by molar-refractivity contribution is 6.07. The molecule has 0 unspecified atom stereocenters. The fourth-order valence-corrected chi connectivity index (χ4v) is 2.40. The number of fused-ring (bicyclic) bond motifs is 1. The van der Waals surface area contributed by atoms with Gasteiger partial charge in [-0.2, -0.15) is 0 Å². The molecule has 0 N–H and O–H groups in total. The molecule has 0 saturated heterocycles. The van der Waals surface area contributed by atoms with E-state index in [1.54, 1.807) is 25.3 Å². The lowest BCUT2D eigenvalue weighted by atomic mass is 10.0. The van der Waals surface area contributed by atoms with Gasteiger partial charge in [-0.3, -0.25) is 4.79 Å². The van der Waals surface area contributed by atoms with Crippen molar-refractivity contribution in [3.63, 3.8) is 0 Å². The Kier molecular flexibility index (Phi) is 4.20. The lowest BCUT2D eigenvalue weighted by molar-refractivity contribution is 0.104. The fraction of sp³-hybridized carbons (Fsp3) is 0.0500. The van der Waals surface area contributed by atoms with E-state index in [0.29, 0.717) is 0 Å². The molecule has 3 aromatic rings. The van der Waals surface area contributed by atoms with Gasteiger partial charge in [-0.25, -0.2) is 4.39 Å². The van der Waals surface area contributed by atoms with Gasteiger partial charge >= 0.3 is 0 Å². The minimum absolute atomic E-state index is 0.0780. The first-order valence-corrected chi connectivity index (χ1v) is 7.22. The van der Waals surface area contributed by atoms with Crippen molar-refractivity contribution in [1.82, 2.24) is 0 Å². The topological polar surface area (TPSA) is 26.3 Å². The summed E-state index contributed by atoms with van der Waals surface area (Å²) in [5.74, 6) is -0.0544. The van der Waals surface area contributed by atoms with Crippen LogP contribution in [0.2, 0.25) is 0 Å². The summed E-state index contributed by atoms with van der Waals surface area (Å²) in [7, 11) is 1.63. The molecule has 0 atom stereocenters. The van der Waals surface area contributed by atoms with Crippen LogP contribution in [0.15, 0.2) is 66.7 Å². The van der Waals surface area contributed by atoms with E-state index in [0.717, 1.165) is 22.1 Å². The minimum Gasteiger partial charge on any atom is -0.497 e. The van der Waals surface area contributed by atoms with Gasteiger partial charge in [0.15, 0.2) is 5.78 Å². The van der Waals surface area contributed by atoms with Crippen LogP contribution in [0, 0.1) is 5.82 Å². The fourth-order valence-electron chi connectivity index (χ4n) is 2.40. The molecule has 0 aromatic heterocycles. The predicted octanol–water partition coefficient (Wildman–Crippen LogP) is 4.88. The molecule has 0 bridgehead atoms. The molecule has 0 amide bonds. The summed E-state index contributed by atoms with van der Waals surface area (Å²) in [6, 6.07) is 17.6. The van der Waals surface area contributed by atoms with Crippen molar-refractivity contribution in [2.24, 2.45) is 0 Å². The number of benzene rings is 3. The molecule has 0 spiro atoms. The molecule has 0 aliphatic rings. The molecular weight excluding hydrogens is 291 g/mol. The van der Waals surface area contributed by atoms with Crippen molar-refractivity contribution in [3.8, 4) is 5.75 Å².